The van der Waals surface area contributed by atoms with E-state index in [9.17, 15) is 4.79 Å². The Kier molecular flexibility index (Phi) is 5.35. The molecule has 1 rings (SSSR count). The molecule has 0 fully saturated rings. The molecule has 0 saturated carbocycles. The standard InChI is InChI=1S/C15H23NO2/c1-10(2)13-6-4-12(5-7-13)8-11(3)14(16)9-15(17)18/h4-7,10-11,14H,8-9,16H2,1-3H3,(H,17,18)/t11-,14-/m0/s1. The molecule has 0 aliphatic heterocycles. The molecule has 2 atom stereocenters. The van der Waals surface area contributed by atoms with Crippen LogP contribution in [0.15, 0.2) is 24.3 Å². The number of carbonyl (C=O) groups is 1. The summed E-state index contributed by atoms with van der Waals surface area (Å²) in [5.41, 5.74) is 8.40. The van der Waals surface area contributed by atoms with Crippen LogP contribution in [0.4, 0.5) is 0 Å². The number of hydrogen-bond donors (Lipinski definition) is 2. The lowest BCUT2D eigenvalue weighted by Gasteiger charge is -2.18. The van der Waals surface area contributed by atoms with Crippen molar-refractivity contribution in [3.8, 4) is 0 Å². The maximum atomic E-state index is 10.6. The molecule has 0 spiro atoms. The summed E-state index contributed by atoms with van der Waals surface area (Å²) < 4.78 is 0. The third kappa shape index (κ3) is 4.49. The van der Waals surface area contributed by atoms with Gasteiger partial charge in [0, 0.05) is 6.04 Å². The highest BCUT2D eigenvalue weighted by molar-refractivity contribution is 5.67. The van der Waals surface area contributed by atoms with Crippen LogP contribution < -0.4 is 5.73 Å². The number of carboxylic acid groups (broad SMARTS) is 1. The van der Waals surface area contributed by atoms with Crippen LogP contribution in [-0.4, -0.2) is 17.1 Å². The Balaban J connectivity index is 2.58. The van der Waals surface area contributed by atoms with Crippen molar-refractivity contribution in [2.24, 2.45) is 11.7 Å². The van der Waals surface area contributed by atoms with E-state index in [0.29, 0.717) is 5.92 Å². The number of carboxylic acids is 1. The molecule has 0 aromatic heterocycles. The first-order valence-corrected chi connectivity index (χ1v) is 6.46. The van der Waals surface area contributed by atoms with Crippen LogP contribution in [0, 0.1) is 5.92 Å². The average molecular weight is 249 g/mol. The number of benzene rings is 1. The lowest BCUT2D eigenvalue weighted by molar-refractivity contribution is -0.137. The monoisotopic (exact) mass is 249 g/mol. The fourth-order valence-corrected chi connectivity index (χ4v) is 1.96. The van der Waals surface area contributed by atoms with Crippen molar-refractivity contribution < 1.29 is 9.90 Å². The summed E-state index contributed by atoms with van der Waals surface area (Å²) in [6.45, 7) is 6.34. The summed E-state index contributed by atoms with van der Waals surface area (Å²) in [6, 6.07) is 8.20. The molecule has 0 heterocycles. The van der Waals surface area contributed by atoms with Crippen LogP contribution in [0.5, 0.6) is 0 Å². The van der Waals surface area contributed by atoms with E-state index in [1.54, 1.807) is 0 Å². The Morgan fingerprint density at radius 1 is 1.22 bits per heavy atom. The maximum absolute atomic E-state index is 10.6. The van der Waals surface area contributed by atoms with Gasteiger partial charge < -0.3 is 10.8 Å². The molecule has 3 nitrogen and oxygen atoms in total. The van der Waals surface area contributed by atoms with E-state index in [-0.39, 0.29) is 18.4 Å². The summed E-state index contributed by atoms with van der Waals surface area (Å²) in [4.78, 5) is 10.6. The first-order chi connectivity index (χ1) is 8.40. The van der Waals surface area contributed by atoms with Gasteiger partial charge in [-0.1, -0.05) is 45.0 Å². The third-order valence-electron chi connectivity index (χ3n) is 3.35. The van der Waals surface area contributed by atoms with Crippen LogP contribution >= 0.6 is 0 Å². The van der Waals surface area contributed by atoms with Crippen molar-refractivity contribution >= 4 is 5.97 Å². The Hall–Kier alpha value is -1.35. The third-order valence-corrected chi connectivity index (χ3v) is 3.35. The van der Waals surface area contributed by atoms with E-state index in [4.69, 9.17) is 10.8 Å². The average Bonchev–Trinajstić information content (AvgIpc) is 2.28. The smallest absolute Gasteiger partial charge is 0.304 e. The zero-order valence-corrected chi connectivity index (χ0v) is 11.4. The number of rotatable bonds is 6. The molecular formula is C15H23NO2. The normalized spacial score (nSPS) is 14.5. The lowest BCUT2D eigenvalue weighted by atomic mass is 9.91. The quantitative estimate of drug-likeness (QED) is 0.815. The second-order valence-corrected chi connectivity index (χ2v) is 5.34. The maximum Gasteiger partial charge on any atom is 0.304 e. The highest BCUT2D eigenvalue weighted by atomic mass is 16.4. The molecule has 0 aliphatic rings. The van der Waals surface area contributed by atoms with Gasteiger partial charge in [0.2, 0.25) is 0 Å². The SMILES string of the molecule is CC(C)c1ccc(C[C@H](C)[C@@H](N)CC(=O)O)cc1. The van der Waals surface area contributed by atoms with Gasteiger partial charge >= 0.3 is 5.97 Å². The number of hydrogen-bond acceptors (Lipinski definition) is 2. The van der Waals surface area contributed by atoms with Crippen molar-refractivity contribution in [1.29, 1.82) is 0 Å². The van der Waals surface area contributed by atoms with Crippen molar-refractivity contribution in [3.05, 3.63) is 35.4 Å². The van der Waals surface area contributed by atoms with Crippen LogP contribution in [-0.2, 0) is 11.2 Å². The van der Waals surface area contributed by atoms with Crippen LogP contribution in [0.1, 0.15) is 44.2 Å². The van der Waals surface area contributed by atoms with Crippen LogP contribution in [0.3, 0.4) is 0 Å². The molecular weight excluding hydrogens is 226 g/mol. The van der Waals surface area contributed by atoms with Crippen molar-refractivity contribution in [1.82, 2.24) is 0 Å². The van der Waals surface area contributed by atoms with E-state index in [1.807, 2.05) is 6.92 Å². The molecule has 1 aromatic carbocycles. The predicted octanol–water partition coefficient (Wildman–Crippen LogP) is 2.79. The van der Waals surface area contributed by atoms with E-state index in [1.165, 1.54) is 11.1 Å². The minimum Gasteiger partial charge on any atom is -0.481 e. The van der Waals surface area contributed by atoms with E-state index in [2.05, 4.69) is 38.1 Å². The summed E-state index contributed by atoms with van der Waals surface area (Å²) >= 11 is 0. The fourth-order valence-electron chi connectivity index (χ4n) is 1.96. The molecule has 100 valence electrons. The van der Waals surface area contributed by atoms with Crippen LogP contribution in [0.2, 0.25) is 0 Å². The van der Waals surface area contributed by atoms with Gasteiger partial charge in [-0.15, -0.1) is 0 Å². The van der Waals surface area contributed by atoms with Gasteiger partial charge in [-0.3, -0.25) is 4.79 Å². The summed E-state index contributed by atoms with van der Waals surface area (Å²) in [7, 11) is 0. The molecule has 0 amide bonds. The predicted molar refractivity (Wildman–Crippen MR) is 73.6 cm³/mol. The molecule has 18 heavy (non-hydrogen) atoms. The molecule has 1 aromatic rings. The highest BCUT2D eigenvalue weighted by Gasteiger charge is 2.16. The molecule has 0 radical (unpaired) electrons. The van der Waals surface area contributed by atoms with Gasteiger partial charge in [0.1, 0.15) is 0 Å². The largest absolute Gasteiger partial charge is 0.481 e. The van der Waals surface area contributed by atoms with Gasteiger partial charge in [-0.25, -0.2) is 0 Å². The zero-order chi connectivity index (χ0) is 13.7. The Morgan fingerprint density at radius 3 is 2.22 bits per heavy atom. The minimum atomic E-state index is -0.829. The molecule has 0 saturated heterocycles. The zero-order valence-electron chi connectivity index (χ0n) is 11.4. The highest BCUT2D eigenvalue weighted by Crippen LogP contribution is 2.18. The Bertz CT molecular complexity index is 384. The topological polar surface area (TPSA) is 63.3 Å². The molecule has 0 aliphatic carbocycles. The first kappa shape index (κ1) is 14.7. The number of nitrogens with two attached hydrogens (primary N) is 1. The summed E-state index contributed by atoms with van der Waals surface area (Å²) in [5.74, 6) is -0.124. The molecule has 0 unspecified atom stereocenters. The fraction of sp³-hybridized carbons (Fsp3) is 0.533. The molecule has 3 N–H and O–H groups in total. The van der Waals surface area contributed by atoms with Gasteiger partial charge in [-0.05, 0) is 29.4 Å². The van der Waals surface area contributed by atoms with Crippen molar-refractivity contribution in [2.45, 2.75) is 45.6 Å². The van der Waals surface area contributed by atoms with Crippen molar-refractivity contribution in [2.75, 3.05) is 0 Å². The van der Waals surface area contributed by atoms with E-state index >= 15 is 0 Å². The van der Waals surface area contributed by atoms with Gasteiger partial charge in [0.15, 0.2) is 0 Å². The van der Waals surface area contributed by atoms with Crippen LogP contribution in [0.25, 0.3) is 0 Å². The lowest BCUT2D eigenvalue weighted by Crippen LogP contribution is -2.32. The number of aliphatic carboxylic acids is 1. The summed E-state index contributed by atoms with van der Waals surface area (Å²) in [6.07, 6.45) is 0.859. The second kappa shape index (κ2) is 6.55. The molecule has 3 heteroatoms. The second-order valence-electron chi connectivity index (χ2n) is 5.34. The van der Waals surface area contributed by atoms with Gasteiger partial charge in [0.05, 0.1) is 6.42 Å². The first-order valence-electron chi connectivity index (χ1n) is 6.46. The van der Waals surface area contributed by atoms with Gasteiger partial charge in [-0.2, -0.15) is 0 Å². The Labute approximate surface area is 109 Å². The van der Waals surface area contributed by atoms with E-state index < -0.39 is 5.97 Å². The summed E-state index contributed by atoms with van der Waals surface area (Å²) in [5, 5.41) is 8.72. The van der Waals surface area contributed by atoms with Gasteiger partial charge in [0.25, 0.3) is 0 Å². The van der Waals surface area contributed by atoms with Crippen molar-refractivity contribution in [3.63, 3.8) is 0 Å². The molecule has 0 bridgehead atoms. The Morgan fingerprint density at radius 2 is 1.78 bits per heavy atom. The van der Waals surface area contributed by atoms with E-state index in [0.717, 1.165) is 6.42 Å². The minimum absolute atomic E-state index is 0.0330.